The van der Waals surface area contributed by atoms with Gasteiger partial charge in [-0.05, 0) is 34.4 Å². The van der Waals surface area contributed by atoms with Gasteiger partial charge in [-0.25, -0.2) is 4.98 Å². The fourth-order valence-corrected chi connectivity index (χ4v) is 3.46. The lowest BCUT2D eigenvalue weighted by Gasteiger charge is -2.11. The highest BCUT2D eigenvalue weighted by Gasteiger charge is 2.08. The molecule has 1 N–H and O–H groups in total. The van der Waals surface area contributed by atoms with Crippen LogP contribution < -0.4 is 5.32 Å². The number of para-hydroxylation sites is 2. The summed E-state index contributed by atoms with van der Waals surface area (Å²) in [4.78, 5) is 8.59. The molecule has 0 amide bonds. The molecular formula is C24H20N4O. The van der Waals surface area contributed by atoms with Crippen LogP contribution >= 0.6 is 0 Å². The van der Waals surface area contributed by atoms with Crippen LogP contribution in [-0.4, -0.2) is 14.5 Å². The molecular weight excluding hydrogens is 360 g/mol. The number of hydrogen-bond acceptors (Lipinski definition) is 4. The van der Waals surface area contributed by atoms with Gasteiger partial charge in [-0.2, -0.15) is 4.98 Å². The first kappa shape index (κ1) is 17.3. The van der Waals surface area contributed by atoms with E-state index in [2.05, 4.69) is 68.4 Å². The zero-order valence-electron chi connectivity index (χ0n) is 15.8. The third-order valence-corrected chi connectivity index (χ3v) is 4.93. The van der Waals surface area contributed by atoms with E-state index in [4.69, 9.17) is 4.42 Å². The summed E-state index contributed by atoms with van der Waals surface area (Å²) in [5.74, 6) is 0. The second-order valence-electron chi connectivity index (χ2n) is 6.93. The first-order chi connectivity index (χ1) is 14.3. The summed E-state index contributed by atoms with van der Waals surface area (Å²) >= 11 is 0. The predicted molar refractivity (Wildman–Crippen MR) is 115 cm³/mol. The molecule has 0 saturated heterocycles. The van der Waals surface area contributed by atoms with Crippen molar-refractivity contribution in [1.82, 2.24) is 14.5 Å². The quantitative estimate of drug-likeness (QED) is 0.431. The molecule has 2 heterocycles. The van der Waals surface area contributed by atoms with Crippen LogP contribution in [-0.2, 0) is 13.1 Å². The van der Waals surface area contributed by atoms with Gasteiger partial charge in [-0.15, -0.1) is 0 Å². The van der Waals surface area contributed by atoms with Gasteiger partial charge in [0.15, 0.2) is 5.58 Å². The lowest BCUT2D eigenvalue weighted by Crippen LogP contribution is -2.01. The third kappa shape index (κ3) is 3.75. The van der Waals surface area contributed by atoms with E-state index in [9.17, 15) is 0 Å². The maximum atomic E-state index is 5.77. The van der Waals surface area contributed by atoms with Crippen LogP contribution in [0.5, 0.6) is 0 Å². The number of imidazole rings is 1. The Morgan fingerprint density at radius 2 is 1.72 bits per heavy atom. The summed E-state index contributed by atoms with van der Waals surface area (Å²) in [7, 11) is 0. The minimum atomic E-state index is 0.539. The number of hydrogen-bond donors (Lipinski definition) is 1. The molecule has 2 aromatic heterocycles. The highest BCUT2D eigenvalue weighted by atomic mass is 16.4. The summed E-state index contributed by atoms with van der Waals surface area (Å²) < 4.78 is 7.83. The molecule has 0 aliphatic heterocycles. The second-order valence-corrected chi connectivity index (χ2v) is 6.93. The Balaban J connectivity index is 1.34. The van der Waals surface area contributed by atoms with Crippen molar-refractivity contribution in [3.63, 3.8) is 0 Å². The molecule has 0 fully saturated rings. The zero-order valence-corrected chi connectivity index (χ0v) is 15.8. The number of rotatable bonds is 6. The first-order valence-electron chi connectivity index (χ1n) is 9.57. The smallest absolute Gasteiger partial charge is 0.295 e. The number of anilines is 1. The summed E-state index contributed by atoms with van der Waals surface area (Å²) in [6, 6.07) is 25.4. The SMILES string of the molecule is c1ccc(-c2ccc(Cn3ccnc3)cc2)c(CNc2nc3ccccc3o2)c1. The van der Waals surface area contributed by atoms with E-state index in [1.54, 1.807) is 6.20 Å². The molecule has 5 aromatic rings. The van der Waals surface area contributed by atoms with Gasteiger partial charge < -0.3 is 14.3 Å². The van der Waals surface area contributed by atoms with E-state index in [1.807, 2.05) is 36.8 Å². The lowest BCUT2D eigenvalue weighted by atomic mass is 9.98. The molecule has 5 rings (SSSR count). The number of nitrogens with zero attached hydrogens (tertiary/aromatic N) is 3. The van der Waals surface area contributed by atoms with E-state index in [0.717, 1.165) is 17.6 Å². The number of benzene rings is 3. The van der Waals surface area contributed by atoms with E-state index < -0.39 is 0 Å². The van der Waals surface area contributed by atoms with Gasteiger partial charge >= 0.3 is 0 Å². The molecule has 0 radical (unpaired) electrons. The topological polar surface area (TPSA) is 55.9 Å². The molecule has 0 unspecified atom stereocenters. The minimum absolute atomic E-state index is 0.539. The maximum Gasteiger partial charge on any atom is 0.295 e. The Kier molecular flexibility index (Phi) is 4.54. The molecule has 3 aromatic carbocycles. The molecule has 0 saturated carbocycles. The molecule has 0 bridgehead atoms. The van der Waals surface area contributed by atoms with Gasteiger partial charge in [0.25, 0.3) is 6.01 Å². The number of nitrogens with one attached hydrogen (secondary N) is 1. The van der Waals surface area contributed by atoms with Crippen LogP contribution in [0.1, 0.15) is 11.1 Å². The molecule has 5 nitrogen and oxygen atoms in total. The van der Waals surface area contributed by atoms with Crippen molar-refractivity contribution in [3.05, 3.63) is 103 Å². The van der Waals surface area contributed by atoms with Crippen LogP contribution in [0.3, 0.4) is 0 Å². The summed E-state index contributed by atoms with van der Waals surface area (Å²) in [5, 5.41) is 3.31. The molecule has 142 valence electrons. The summed E-state index contributed by atoms with van der Waals surface area (Å²) in [5.41, 5.74) is 6.47. The van der Waals surface area contributed by atoms with E-state index in [1.165, 1.54) is 22.3 Å². The second kappa shape index (κ2) is 7.64. The molecule has 29 heavy (non-hydrogen) atoms. The number of oxazole rings is 1. The van der Waals surface area contributed by atoms with Crippen LogP contribution in [0.25, 0.3) is 22.2 Å². The number of aromatic nitrogens is 3. The van der Waals surface area contributed by atoms with Crippen molar-refractivity contribution < 1.29 is 4.42 Å². The standard InChI is InChI=1S/C24H20N4O/c1-2-6-21(19-11-9-18(10-12-19)16-28-14-13-25-17-28)20(5-1)15-26-24-27-22-7-3-4-8-23(22)29-24/h1-14,17H,15-16H2,(H,26,27). The average Bonchev–Trinajstić information content (AvgIpc) is 3.42. The summed E-state index contributed by atoms with van der Waals surface area (Å²) in [6.07, 6.45) is 5.61. The lowest BCUT2D eigenvalue weighted by molar-refractivity contribution is 0.614. The fourth-order valence-electron chi connectivity index (χ4n) is 3.46. The van der Waals surface area contributed by atoms with Crippen molar-refractivity contribution in [2.45, 2.75) is 13.1 Å². The molecule has 0 aliphatic rings. The Morgan fingerprint density at radius 3 is 2.55 bits per heavy atom. The van der Waals surface area contributed by atoms with Crippen molar-refractivity contribution in [2.75, 3.05) is 5.32 Å². The normalized spacial score (nSPS) is 11.0. The van der Waals surface area contributed by atoms with E-state index >= 15 is 0 Å². The Labute approximate surface area is 168 Å². The Hall–Kier alpha value is -3.86. The van der Waals surface area contributed by atoms with Gasteiger partial charge in [-0.1, -0.05) is 60.7 Å². The Bertz CT molecular complexity index is 1190. The van der Waals surface area contributed by atoms with Crippen molar-refractivity contribution in [2.24, 2.45) is 0 Å². The van der Waals surface area contributed by atoms with Gasteiger partial charge in [0, 0.05) is 25.5 Å². The molecule has 0 spiro atoms. The van der Waals surface area contributed by atoms with Crippen LogP contribution in [0.4, 0.5) is 6.01 Å². The maximum absolute atomic E-state index is 5.77. The van der Waals surface area contributed by atoms with Gasteiger partial charge in [0.2, 0.25) is 0 Å². The van der Waals surface area contributed by atoms with E-state index in [0.29, 0.717) is 12.6 Å². The van der Waals surface area contributed by atoms with Crippen LogP contribution in [0, 0.1) is 0 Å². The highest BCUT2D eigenvalue weighted by molar-refractivity contribution is 5.74. The number of fused-ring (bicyclic) bond motifs is 1. The third-order valence-electron chi connectivity index (χ3n) is 4.93. The van der Waals surface area contributed by atoms with Crippen LogP contribution in [0.2, 0.25) is 0 Å². The highest BCUT2D eigenvalue weighted by Crippen LogP contribution is 2.26. The van der Waals surface area contributed by atoms with Crippen LogP contribution in [0.15, 0.2) is 95.9 Å². The molecule has 0 atom stereocenters. The molecule has 0 aliphatic carbocycles. The largest absolute Gasteiger partial charge is 0.424 e. The minimum Gasteiger partial charge on any atom is -0.424 e. The van der Waals surface area contributed by atoms with Crippen molar-refractivity contribution >= 4 is 17.1 Å². The zero-order chi connectivity index (χ0) is 19.5. The Morgan fingerprint density at radius 1 is 0.897 bits per heavy atom. The van der Waals surface area contributed by atoms with Crippen molar-refractivity contribution in [1.29, 1.82) is 0 Å². The van der Waals surface area contributed by atoms with Gasteiger partial charge in [0.1, 0.15) is 5.52 Å². The molecule has 5 heteroatoms. The average molecular weight is 380 g/mol. The van der Waals surface area contributed by atoms with Gasteiger partial charge in [-0.3, -0.25) is 0 Å². The van der Waals surface area contributed by atoms with E-state index in [-0.39, 0.29) is 0 Å². The summed E-state index contributed by atoms with van der Waals surface area (Å²) in [6.45, 7) is 1.46. The first-order valence-corrected chi connectivity index (χ1v) is 9.57. The van der Waals surface area contributed by atoms with Crippen molar-refractivity contribution in [3.8, 4) is 11.1 Å². The monoisotopic (exact) mass is 380 g/mol. The predicted octanol–water partition coefficient (Wildman–Crippen LogP) is 5.35. The van der Waals surface area contributed by atoms with Gasteiger partial charge in [0.05, 0.1) is 6.33 Å². The fraction of sp³-hybridized carbons (Fsp3) is 0.0833.